The first-order chi connectivity index (χ1) is 13.9. The van der Waals surface area contributed by atoms with Crippen LogP contribution in [0, 0.1) is 0 Å². The van der Waals surface area contributed by atoms with Crippen LogP contribution in [-0.4, -0.2) is 47.8 Å². The van der Waals surface area contributed by atoms with Crippen LogP contribution in [0.25, 0.3) is 6.08 Å². The SMILES string of the molecule is CCOc1c(/C=C2/SC(=Nc3cccc(C(=O)O)c3)N(C)C2=O)cccc1OC. The van der Waals surface area contributed by atoms with E-state index >= 15 is 0 Å². The molecule has 8 heteroatoms. The van der Waals surface area contributed by atoms with E-state index in [1.165, 1.54) is 28.8 Å². The normalized spacial score (nSPS) is 16.5. The molecule has 2 aromatic rings. The summed E-state index contributed by atoms with van der Waals surface area (Å²) in [5.41, 5.74) is 1.33. The van der Waals surface area contributed by atoms with Gasteiger partial charge in [-0.3, -0.25) is 9.69 Å². The molecular formula is C21H20N2O5S. The molecule has 0 unspecified atom stereocenters. The van der Waals surface area contributed by atoms with Gasteiger partial charge in [0.1, 0.15) is 0 Å². The molecule has 7 nitrogen and oxygen atoms in total. The van der Waals surface area contributed by atoms with Crippen LogP contribution < -0.4 is 9.47 Å². The number of nitrogens with zero attached hydrogens (tertiary/aromatic N) is 2. The van der Waals surface area contributed by atoms with E-state index in [0.717, 1.165) is 5.56 Å². The number of carbonyl (C=O) groups is 2. The van der Waals surface area contributed by atoms with Gasteiger partial charge in [0.05, 0.1) is 29.9 Å². The average Bonchev–Trinajstić information content (AvgIpc) is 2.97. The Bertz CT molecular complexity index is 1020. The summed E-state index contributed by atoms with van der Waals surface area (Å²) in [7, 11) is 3.19. The van der Waals surface area contributed by atoms with E-state index in [0.29, 0.717) is 33.9 Å². The van der Waals surface area contributed by atoms with Crippen molar-refractivity contribution in [1.82, 2.24) is 4.90 Å². The summed E-state index contributed by atoms with van der Waals surface area (Å²) in [6.07, 6.45) is 1.74. The number of benzene rings is 2. The lowest BCUT2D eigenvalue weighted by atomic mass is 10.1. The molecule has 1 saturated heterocycles. The molecule has 0 aliphatic carbocycles. The molecule has 1 N–H and O–H groups in total. The monoisotopic (exact) mass is 412 g/mol. The second kappa shape index (κ2) is 8.83. The third-order valence-electron chi connectivity index (χ3n) is 4.13. The van der Waals surface area contributed by atoms with Crippen LogP contribution in [0.5, 0.6) is 11.5 Å². The van der Waals surface area contributed by atoms with Crippen molar-refractivity contribution < 1.29 is 24.2 Å². The number of amides is 1. The highest BCUT2D eigenvalue weighted by molar-refractivity contribution is 8.18. The number of carboxylic acid groups (broad SMARTS) is 1. The Labute approximate surface area is 172 Å². The number of para-hydroxylation sites is 1. The number of amidine groups is 1. The second-order valence-electron chi connectivity index (χ2n) is 6.04. The molecule has 29 heavy (non-hydrogen) atoms. The number of methoxy groups -OCH3 is 1. The Morgan fingerprint density at radius 3 is 2.72 bits per heavy atom. The van der Waals surface area contributed by atoms with Gasteiger partial charge in [-0.25, -0.2) is 9.79 Å². The van der Waals surface area contributed by atoms with Crippen molar-refractivity contribution >= 4 is 40.6 Å². The van der Waals surface area contributed by atoms with Gasteiger partial charge in [-0.1, -0.05) is 18.2 Å². The number of hydrogen-bond donors (Lipinski definition) is 1. The summed E-state index contributed by atoms with van der Waals surface area (Å²) in [4.78, 5) is 30.2. The molecule has 1 aliphatic heterocycles. The van der Waals surface area contributed by atoms with E-state index in [1.807, 2.05) is 19.1 Å². The molecule has 1 heterocycles. The van der Waals surface area contributed by atoms with Crippen molar-refractivity contribution in [2.45, 2.75) is 6.92 Å². The van der Waals surface area contributed by atoms with Gasteiger partial charge < -0.3 is 14.6 Å². The first-order valence-electron chi connectivity index (χ1n) is 8.84. The number of aromatic carboxylic acids is 1. The molecule has 0 bridgehead atoms. The van der Waals surface area contributed by atoms with Crippen molar-refractivity contribution in [3.63, 3.8) is 0 Å². The first kappa shape index (κ1) is 20.5. The lowest BCUT2D eigenvalue weighted by Gasteiger charge is -2.12. The lowest BCUT2D eigenvalue weighted by Crippen LogP contribution is -2.23. The number of hydrogen-bond acceptors (Lipinski definition) is 6. The molecule has 3 rings (SSSR count). The second-order valence-corrected chi connectivity index (χ2v) is 7.05. The van der Waals surface area contributed by atoms with Crippen molar-refractivity contribution in [2.24, 2.45) is 4.99 Å². The minimum Gasteiger partial charge on any atom is -0.493 e. The van der Waals surface area contributed by atoms with Gasteiger partial charge in [-0.15, -0.1) is 0 Å². The van der Waals surface area contributed by atoms with Crippen LogP contribution >= 0.6 is 11.8 Å². The van der Waals surface area contributed by atoms with Gasteiger partial charge in [0.2, 0.25) is 0 Å². The topological polar surface area (TPSA) is 88.4 Å². The molecule has 150 valence electrons. The Morgan fingerprint density at radius 1 is 1.28 bits per heavy atom. The Kier molecular flexibility index (Phi) is 6.23. The summed E-state index contributed by atoms with van der Waals surface area (Å²) >= 11 is 1.21. The number of carbonyl (C=O) groups excluding carboxylic acids is 1. The van der Waals surface area contributed by atoms with Crippen molar-refractivity contribution in [3.8, 4) is 11.5 Å². The molecule has 1 aliphatic rings. The van der Waals surface area contributed by atoms with Gasteiger partial charge in [-0.05, 0) is 49.0 Å². The quantitative estimate of drug-likeness (QED) is 0.721. The zero-order valence-electron chi connectivity index (χ0n) is 16.2. The molecule has 1 amide bonds. The van der Waals surface area contributed by atoms with E-state index in [9.17, 15) is 9.59 Å². The largest absolute Gasteiger partial charge is 0.493 e. The van der Waals surface area contributed by atoms with Gasteiger partial charge in [0.25, 0.3) is 5.91 Å². The average molecular weight is 412 g/mol. The predicted octanol–water partition coefficient (Wildman–Crippen LogP) is 4.03. The Hall–Kier alpha value is -3.26. The van der Waals surface area contributed by atoms with Crippen LogP contribution in [0.3, 0.4) is 0 Å². The first-order valence-corrected chi connectivity index (χ1v) is 9.65. The number of ether oxygens (including phenoxy) is 2. The molecule has 0 aromatic heterocycles. The fourth-order valence-electron chi connectivity index (χ4n) is 2.72. The molecule has 0 spiro atoms. The van der Waals surface area contributed by atoms with E-state index in [1.54, 1.807) is 38.4 Å². The van der Waals surface area contributed by atoms with E-state index in [4.69, 9.17) is 14.6 Å². The third-order valence-corrected chi connectivity index (χ3v) is 5.19. The van der Waals surface area contributed by atoms with E-state index in [2.05, 4.69) is 4.99 Å². The zero-order chi connectivity index (χ0) is 21.0. The molecule has 1 fully saturated rings. The van der Waals surface area contributed by atoms with Gasteiger partial charge in [-0.2, -0.15) is 0 Å². The zero-order valence-corrected chi connectivity index (χ0v) is 17.0. The number of aliphatic imine (C=N–C) groups is 1. The lowest BCUT2D eigenvalue weighted by molar-refractivity contribution is -0.121. The summed E-state index contributed by atoms with van der Waals surface area (Å²) in [5, 5.41) is 9.60. The van der Waals surface area contributed by atoms with Gasteiger partial charge in [0.15, 0.2) is 16.7 Å². The minimum absolute atomic E-state index is 0.136. The molecule has 0 radical (unpaired) electrons. The number of rotatable bonds is 6. The highest BCUT2D eigenvalue weighted by Gasteiger charge is 2.31. The fourth-order valence-corrected chi connectivity index (χ4v) is 3.70. The van der Waals surface area contributed by atoms with E-state index < -0.39 is 5.97 Å². The number of likely N-dealkylation sites (N-methyl/N-ethyl adjacent to an activating group) is 1. The number of thioether (sulfide) groups is 1. The van der Waals surface area contributed by atoms with Crippen LogP contribution in [0.2, 0.25) is 0 Å². The van der Waals surface area contributed by atoms with Gasteiger partial charge in [0, 0.05) is 12.6 Å². The third kappa shape index (κ3) is 4.43. The number of carboxylic acids is 1. The standard InChI is InChI=1S/C21H20N2O5S/c1-4-28-18-13(7-6-10-16(18)27-3)12-17-19(24)23(2)21(29-17)22-15-9-5-8-14(11-15)20(25)26/h5-12H,4H2,1-3H3,(H,25,26)/b17-12+,22-21?. The molecule has 0 atom stereocenters. The fraction of sp³-hybridized carbons (Fsp3) is 0.190. The van der Waals surface area contributed by atoms with Crippen LogP contribution in [0.15, 0.2) is 52.4 Å². The van der Waals surface area contributed by atoms with Crippen molar-refractivity contribution in [3.05, 3.63) is 58.5 Å². The maximum Gasteiger partial charge on any atom is 0.335 e. The van der Waals surface area contributed by atoms with E-state index in [-0.39, 0.29) is 11.5 Å². The summed E-state index contributed by atoms with van der Waals surface area (Å²) in [6, 6.07) is 11.7. The highest BCUT2D eigenvalue weighted by Crippen LogP contribution is 2.37. The maximum atomic E-state index is 12.7. The van der Waals surface area contributed by atoms with Crippen molar-refractivity contribution in [2.75, 3.05) is 20.8 Å². The Balaban J connectivity index is 1.95. The smallest absolute Gasteiger partial charge is 0.335 e. The maximum absolute atomic E-state index is 12.7. The summed E-state index contributed by atoms with van der Waals surface area (Å²) in [5.74, 6) is -0.0731. The van der Waals surface area contributed by atoms with Crippen LogP contribution in [0.4, 0.5) is 5.69 Å². The van der Waals surface area contributed by atoms with Crippen LogP contribution in [0.1, 0.15) is 22.8 Å². The predicted molar refractivity (Wildman–Crippen MR) is 113 cm³/mol. The molecular weight excluding hydrogens is 392 g/mol. The van der Waals surface area contributed by atoms with Crippen molar-refractivity contribution in [1.29, 1.82) is 0 Å². The highest BCUT2D eigenvalue weighted by atomic mass is 32.2. The summed E-state index contributed by atoms with van der Waals surface area (Å²) in [6.45, 7) is 2.34. The molecule has 2 aromatic carbocycles. The Morgan fingerprint density at radius 2 is 2.03 bits per heavy atom. The molecule has 0 saturated carbocycles. The minimum atomic E-state index is -1.03. The summed E-state index contributed by atoms with van der Waals surface area (Å²) < 4.78 is 11.1. The van der Waals surface area contributed by atoms with Crippen LogP contribution in [-0.2, 0) is 4.79 Å². The van der Waals surface area contributed by atoms with Gasteiger partial charge >= 0.3 is 5.97 Å².